The number of thiazole rings is 1. The van der Waals surface area contributed by atoms with Crippen molar-refractivity contribution >= 4 is 122 Å². The summed E-state index contributed by atoms with van der Waals surface area (Å²) in [5.74, 6) is 0.535. The van der Waals surface area contributed by atoms with Crippen LogP contribution in [0.3, 0.4) is 0 Å². The summed E-state index contributed by atoms with van der Waals surface area (Å²) in [6.45, 7) is 1.13. The Morgan fingerprint density at radius 2 is 0.886 bits per heavy atom. The van der Waals surface area contributed by atoms with Crippen molar-refractivity contribution in [1.29, 1.82) is 0 Å². The number of aliphatic hydroxyl groups is 3. The molecule has 6 unspecified atom stereocenters. The summed E-state index contributed by atoms with van der Waals surface area (Å²) in [6.07, 6.45) is 16.8. The highest BCUT2D eigenvalue weighted by Crippen LogP contribution is 2.39. The van der Waals surface area contributed by atoms with Gasteiger partial charge in [-0.15, -0.1) is 22.7 Å². The van der Waals surface area contributed by atoms with Gasteiger partial charge in [-0.25, -0.2) is 53.9 Å². The molecule has 0 saturated carbocycles. The summed E-state index contributed by atoms with van der Waals surface area (Å²) in [5.41, 5.74) is 30.3. The lowest BCUT2D eigenvalue weighted by Crippen LogP contribution is -2.22. The maximum absolute atomic E-state index is 12.7. The number of benzene rings is 6. The zero-order valence-electron chi connectivity index (χ0n) is 55.6. The van der Waals surface area contributed by atoms with E-state index in [2.05, 4.69) is 55.8 Å². The Kier molecular flexibility index (Phi) is 18.1. The van der Waals surface area contributed by atoms with Crippen LogP contribution in [0.4, 0.5) is 17.5 Å². The van der Waals surface area contributed by atoms with Gasteiger partial charge < -0.3 is 52.9 Å². The summed E-state index contributed by atoms with van der Waals surface area (Å²) in [4.78, 5) is 72.8. The van der Waals surface area contributed by atoms with Crippen LogP contribution in [-0.2, 0) is 19.6 Å². The number of carbonyl (C=O) groups is 3. The number of nitrogens with one attached hydrogen (secondary N) is 3. The lowest BCUT2D eigenvalue weighted by Gasteiger charge is -2.10. The van der Waals surface area contributed by atoms with Crippen LogP contribution in [0.25, 0.3) is 98.3 Å². The number of allylic oxidation sites excluding steroid dienone is 3. The van der Waals surface area contributed by atoms with Crippen molar-refractivity contribution in [3.63, 3.8) is 0 Å². The molecule has 9 aromatic heterocycles. The molecule has 0 fully saturated rings. The van der Waals surface area contributed by atoms with Crippen molar-refractivity contribution in [1.82, 2.24) is 85.2 Å². The highest BCUT2D eigenvalue weighted by Gasteiger charge is 2.29. The van der Waals surface area contributed by atoms with E-state index in [9.17, 15) is 29.7 Å². The molecular formula is C76H64N20O7S2. The van der Waals surface area contributed by atoms with Gasteiger partial charge in [0.15, 0.2) is 33.9 Å². The third-order valence-corrected chi connectivity index (χ3v) is 20.5. The van der Waals surface area contributed by atoms with Crippen molar-refractivity contribution in [2.24, 2.45) is 0 Å². The van der Waals surface area contributed by atoms with Gasteiger partial charge >= 0.3 is 0 Å². The van der Waals surface area contributed by atoms with Gasteiger partial charge in [0.1, 0.15) is 59.0 Å². The zero-order chi connectivity index (χ0) is 71.8. The molecule has 0 spiro atoms. The Morgan fingerprint density at radius 3 is 1.33 bits per heavy atom. The number of fused-ring (bicyclic) bond motifs is 6. The fourth-order valence-corrected chi connectivity index (χ4v) is 14.9. The predicted molar refractivity (Wildman–Crippen MR) is 401 cm³/mol. The molecule has 522 valence electrons. The van der Waals surface area contributed by atoms with Gasteiger partial charge in [0.05, 0.1) is 73.3 Å². The van der Waals surface area contributed by atoms with Crippen LogP contribution in [0.2, 0.25) is 0 Å². The molecular weight excluding hydrogens is 1370 g/mol. The number of rotatable bonds is 15. The first-order chi connectivity index (χ1) is 51.2. The average molecular weight is 1430 g/mol. The van der Waals surface area contributed by atoms with E-state index in [1.807, 2.05) is 146 Å². The first-order valence-corrected chi connectivity index (χ1v) is 35.2. The number of anilines is 3. The van der Waals surface area contributed by atoms with Crippen LogP contribution in [0.1, 0.15) is 83.9 Å². The first kappa shape index (κ1) is 66.7. The van der Waals surface area contributed by atoms with E-state index in [0.29, 0.717) is 133 Å². The Balaban J connectivity index is 0.000000121. The third-order valence-electron chi connectivity index (χ3n) is 18.4. The molecule has 0 aliphatic heterocycles. The van der Waals surface area contributed by atoms with E-state index in [0.717, 1.165) is 53.7 Å². The highest BCUT2D eigenvalue weighted by atomic mass is 32.1. The van der Waals surface area contributed by atoms with E-state index >= 15 is 0 Å². The Bertz CT molecular complexity index is 5600. The summed E-state index contributed by atoms with van der Waals surface area (Å²) in [5, 5.41) is 56.6. The number of oxazole rings is 1. The van der Waals surface area contributed by atoms with Crippen molar-refractivity contribution in [3.8, 4) is 33.8 Å². The first-order valence-electron chi connectivity index (χ1n) is 33.6. The number of amides is 3. The lowest BCUT2D eigenvalue weighted by atomic mass is 10.1. The molecule has 3 aliphatic carbocycles. The minimum Gasteiger partial charge on any atom is -0.443 e. The quantitative estimate of drug-likeness (QED) is 0.0431. The Morgan fingerprint density at radius 1 is 0.457 bits per heavy atom. The molecule has 29 heteroatoms. The Hall–Kier alpha value is -12.8. The molecule has 15 aromatic rings. The average Bonchev–Trinajstić information content (AvgIpc) is 1.62. The van der Waals surface area contributed by atoms with Crippen molar-refractivity contribution in [2.45, 2.75) is 75.3 Å². The molecule has 0 bridgehead atoms. The number of thiophene rings is 1. The van der Waals surface area contributed by atoms with Crippen LogP contribution >= 0.6 is 22.7 Å². The summed E-state index contributed by atoms with van der Waals surface area (Å²) in [6, 6.07) is 45.9. The van der Waals surface area contributed by atoms with E-state index in [1.165, 1.54) is 48.0 Å². The normalized spacial score (nSPS) is 17.4. The van der Waals surface area contributed by atoms with Gasteiger partial charge in [0, 0.05) is 60.3 Å². The largest absolute Gasteiger partial charge is 0.443 e. The molecule has 18 rings (SSSR count). The number of nitrogen functional groups attached to an aromatic ring is 3. The number of aliphatic hydroxyl groups excluding tert-OH is 3. The maximum Gasteiger partial charge on any atom is 0.280 e. The summed E-state index contributed by atoms with van der Waals surface area (Å²) < 4.78 is 12.8. The van der Waals surface area contributed by atoms with Crippen LogP contribution in [-0.4, -0.2) is 121 Å². The fraction of sp³-hybridized carbons (Fsp3) is 0.158. The minimum atomic E-state index is -0.507. The SMILES string of the molecule is Nc1ncnc2c1c(-c1ccc(CNC(=O)c3cc4ccccc4s3)cc1)nn2C1C=CC(O)C1.Nc1ncnc2c1c(-c1ccc(CNC(=O)c3cccc4ncoc34)cc1)nn2C1C=CC(O)C1.Nc1ncnc2c1c(-c1ccc(CNC(=O)c3nc4ccccc4s3)cc1)nn2C1C=CC(O)C1. The van der Waals surface area contributed by atoms with Gasteiger partial charge in [0.25, 0.3) is 17.7 Å². The molecule has 3 amide bonds. The topological polar surface area (TPSA) is 396 Å². The highest BCUT2D eigenvalue weighted by molar-refractivity contribution is 7.21. The van der Waals surface area contributed by atoms with Gasteiger partial charge in [-0.3, -0.25) is 14.4 Å². The maximum atomic E-state index is 12.7. The second-order valence-corrected chi connectivity index (χ2v) is 27.4. The van der Waals surface area contributed by atoms with Crippen LogP contribution in [0.5, 0.6) is 0 Å². The van der Waals surface area contributed by atoms with Gasteiger partial charge in [-0.05, 0) is 58.5 Å². The van der Waals surface area contributed by atoms with E-state index in [4.69, 9.17) is 36.9 Å². The smallest absolute Gasteiger partial charge is 0.280 e. The van der Waals surface area contributed by atoms with Gasteiger partial charge in [0.2, 0.25) is 0 Å². The van der Waals surface area contributed by atoms with E-state index in [-0.39, 0.29) is 35.8 Å². The number of aromatic nitrogens is 14. The number of hydrogen-bond acceptors (Lipinski definition) is 23. The van der Waals surface area contributed by atoms with Crippen LogP contribution < -0.4 is 33.2 Å². The second-order valence-electron chi connectivity index (χ2n) is 25.3. The van der Waals surface area contributed by atoms with Gasteiger partial charge in [-0.1, -0.05) is 146 Å². The van der Waals surface area contributed by atoms with Crippen molar-refractivity contribution < 1.29 is 34.1 Å². The fourth-order valence-electron chi connectivity index (χ4n) is 13.1. The third kappa shape index (κ3) is 13.6. The predicted octanol–water partition coefficient (Wildman–Crippen LogP) is 10.6. The molecule has 9 heterocycles. The molecule has 0 radical (unpaired) electrons. The molecule has 105 heavy (non-hydrogen) atoms. The molecule has 6 aromatic carbocycles. The summed E-state index contributed by atoms with van der Waals surface area (Å²) >= 11 is 2.87. The van der Waals surface area contributed by atoms with Crippen LogP contribution in [0.15, 0.2) is 212 Å². The number of nitrogens with two attached hydrogens (primary N) is 3. The number of nitrogens with zero attached hydrogens (tertiary/aromatic N) is 14. The molecule has 12 N–H and O–H groups in total. The molecule has 27 nitrogen and oxygen atoms in total. The number of para-hydroxylation sites is 2. The Labute approximate surface area is 604 Å². The number of carbonyl (C=O) groups excluding carboxylic acids is 3. The molecule has 3 aliphatic rings. The van der Waals surface area contributed by atoms with E-state index < -0.39 is 18.3 Å². The number of hydrogen-bond donors (Lipinski definition) is 9. The standard InChI is InChI=1S/C26H22N6O2S.C25H21N7O3.C25H21N7O2S/c27-24-22-23(31-32(25(22)30-14-29-24)18-9-10-19(33)12-18)16-7-5-15(6-8-16)13-28-26(34)21-11-17-3-1-2-4-20(17)35-21;26-23-20-21(31-32(24(20)29-12-28-23)16-8-9-17(33)10-16)15-6-4-14(5-7-15)11-27-25(34)18-2-1-3-19-22(18)35-13-30-19;26-22-20-21(31-32(23(20)29-13-28-22)16-9-10-17(33)11-16)15-7-5-14(6-8-15)12-27-24(34)25-30-18-3-1-2-4-19(18)35-25/h1-11,14,18-19,33H,12-13H2,(H,28,34)(H2,27,29,30);1-9,12-13,16-17,33H,10-11H2,(H,27,34)(H2,26,28,29);1-10,13,16-17,33H,11-12H2,(H,27,34)(H2,26,28,29). The minimum absolute atomic E-state index is 0.0864. The second kappa shape index (κ2) is 28.6. The van der Waals surface area contributed by atoms with Crippen LogP contribution in [0, 0.1) is 0 Å². The zero-order valence-corrected chi connectivity index (χ0v) is 57.3. The van der Waals surface area contributed by atoms with Crippen molar-refractivity contribution in [2.75, 3.05) is 17.2 Å². The molecule has 6 atom stereocenters. The summed E-state index contributed by atoms with van der Waals surface area (Å²) in [7, 11) is 0. The van der Waals surface area contributed by atoms with Gasteiger partial charge in [-0.2, -0.15) is 15.3 Å². The molecule has 0 saturated heterocycles. The monoisotopic (exact) mass is 1430 g/mol. The van der Waals surface area contributed by atoms with E-state index in [1.54, 1.807) is 50.5 Å². The van der Waals surface area contributed by atoms with Crippen molar-refractivity contribution in [3.05, 3.63) is 240 Å². The lowest BCUT2D eigenvalue weighted by molar-refractivity contribution is 0.0943.